The van der Waals surface area contributed by atoms with Crippen LogP contribution in [0.1, 0.15) is 6.42 Å². The molecule has 2 aliphatic rings. The van der Waals surface area contributed by atoms with Gasteiger partial charge in [0.05, 0.1) is 11.8 Å². The van der Waals surface area contributed by atoms with Gasteiger partial charge in [-0.05, 0) is 18.3 Å². The number of primary amides is 2. The van der Waals surface area contributed by atoms with Gasteiger partial charge in [0, 0.05) is 0 Å². The minimum atomic E-state index is -0.402. The molecule has 2 amide bonds. The van der Waals surface area contributed by atoms with Crippen LogP contribution >= 0.6 is 23.3 Å². The molecule has 0 aromatic carbocycles. The van der Waals surface area contributed by atoms with Gasteiger partial charge >= 0.3 is 0 Å². The van der Waals surface area contributed by atoms with Gasteiger partial charge < -0.3 is 11.5 Å². The normalized spacial score (nSPS) is 35.9. The van der Waals surface area contributed by atoms with E-state index >= 15 is 0 Å². The van der Waals surface area contributed by atoms with Gasteiger partial charge in [-0.1, -0.05) is 12.2 Å². The van der Waals surface area contributed by atoms with Crippen LogP contribution in [0.15, 0.2) is 12.2 Å². The van der Waals surface area contributed by atoms with E-state index in [0.29, 0.717) is 0 Å². The molecule has 4 unspecified atom stereocenters. The topological polar surface area (TPSA) is 86.2 Å². The van der Waals surface area contributed by atoms with Crippen LogP contribution < -0.4 is 11.5 Å². The Morgan fingerprint density at radius 2 is 1.33 bits per heavy atom. The van der Waals surface area contributed by atoms with Crippen molar-refractivity contribution < 1.29 is 9.59 Å². The summed E-state index contributed by atoms with van der Waals surface area (Å²) in [5, 5.41) is 0. The highest BCUT2D eigenvalue weighted by Gasteiger charge is 2.49. The fraction of sp³-hybridized carbons (Fsp3) is 0.556. The lowest BCUT2D eigenvalue weighted by molar-refractivity contribution is -0.131. The molecule has 4 N–H and O–H groups in total. The maximum Gasteiger partial charge on any atom is 0.221 e. The van der Waals surface area contributed by atoms with Crippen LogP contribution in [0.2, 0.25) is 0 Å². The fourth-order valence-electron chi connectivity index (χ4n) is 2.60. The van der Waals surface area contributed by atoms with Crippen LogP contribution in [0, 0.1) is 23.7 Å². The van der Waals surface area contributed by atoms with E-state index in [1.54, 1.807) is 0 Å². The first-order valence-corrected chi connectivity index (χ1v) is 6.18. The van der Waals surface area contributed by atoms with Crippen LogP contribution in [0.4, 0.5) is 0 Å². The van der Waals surface area contributed by atoms with Crippen LogP contribution in [0.5, 0.6) is 0 Å². The van der Waals surface area contributed by atoms with Crippen molar-refractivity contribution in [1.82, 2.24) is 0 Å². The van der Waals surface area contributed by atoms with Crippen molar-refractivity contribution in [2.75, 3.05) is 0 Å². The van der Waals surface area contributed by atoms with Crippen molar-refractivity contribution in [3.8, 4) is 0 Å². The van der Waals surface area contributed by atoms with E-state index in [2.05, 4.69) is 23.3 Å². The summed E-state index contributed by atoms with van der Waals surface area (Å²) in [4.78, 5) is 22.2. The van der Waals surface area contributed by atoms with E-state index < -0.39 is 11.8 Å². The SMILES string of the molecule is NC(=O)C1C2C=CC(C2)C1C(N)=O.SS. The summed E-state index contributed by atoms with van der Waals surface area (Å²) in [7, 11) is 0. The third-order valence-corrected chi connectivity index (χ3v) is 3.12. The minimum Gasteiger partial charge on any atom is -0.369 e. The molecule has 15 heavy (non-hydrogen) atoms. The Balaban J connectivity index is 0.000000531. The monoisotopic (exact) mass is 246 g/mol. The summed E-state index contributed by atoms with van der Waals surface area (Å²) in [6.07, 6.45) is 4.79. The van der Waals surface area contributed by atoms with Crippen molar-refractivity contribution in [3.05, 3.63) is 12.2 Å². The maximum atomic E-state index is 11.1. The fourth-order valence-corrected chi connectivity index (χ4v) is 2.60. The van der Waals surface area contributed by atoms with Gasteiger partial charge in [0.15, 0.2) is 0 Å². The average Bonchev–Trinajstić information content (AvgIpc) is 2.79. The number of hydrogen-bond donors (Lipinski definition) is 4. The predicted octanol–water partition coefficient (Wildman–Crippen LogP) is 0.156. The highest BCUT2D eigenvalue weighted by Crippen LogP contribution is 2.47. The summed E-state index contributed by atoms with van der Waals surface area (Å²) >= 11 is 6.44. The molecule has 0 radical (unpaired) electrons. The highest BCUT2D eigenvalue weighted by molar-refractivity contribution is 8.59. The summed E-state index contributed by atoms with van der Waals surface area (Å²) in [5.74, 6) is -1.26. The number of allylic oxidation sites excluding steroid dienone is 2. The van der Waals surface area contributed by atoms with E-state index in [9.17, 15) is 9.59 Å². The molecule has 0 heterocycles. The summed E-state index contributed by atoms with van der Waals surface area (Å²) in [6, 6.07) is 0. The molecule has 0 saturated heterocycles. The lowest BCUT2D eigenvalue weighted by Gasteiger charge is -2.22. The molecule has 1 saturated carbocycles. The molecule has 0 spiro atoms. The zero-order chi connectivity index (χ0) is 11.6. The Bertz CT molecular complexity index is 278. The number of amides is 2. The van der Waals surface area contributed by atoms with Gasteiger partial charge in [-0.15, -0.1) is 23.3 Å². The van der Waals surface area contributed by atoms with Gasteiger partial charge in [0.25, 0.3) is 0 Å². The van der Waals surface area contributed by atoms with E-state index in [0.717, 1.165) is 6.42 Å². The molecule has 0 aromatic rings. The largest absolute Gasteiger partial charge is 0.369 e. The first-order chi connectivity index (χ1) is 7.11. The van der Waals surface area contributed by atoms with E-state index in [1.165, 1.54) is 0 Å². The van der Waals surface area contributed by atoms with Gasteiger partial charge in [-0.3, -0.25) is 9.59 Å². The van der Waals surface area contributed by atoms with Crippen molar-refractivity contribution >= 4 is 35.1 Å². The quantitative estimate of drug-likeness (QED) is 0.318. The number of carbonyl (C=O) groups is 2. The standard InChI is InChI=1S/C9H12N2O2.H2S2/c10-8(12)6-4-1-2-5(3-4)7(6)9(11)13;1-2/h1-2,4-7H,3H2,(H2,10,12)(H2,11,13);1-2H. The Labute approximate surface area is 98.7 Å². The molecule has 1 fully saturated rings. The molecule has 6 heteroatoms. The second-order valence-corrected chi connectivity index (χ2v) is 3.80. The summed E-state index contributed by atoms with van der Waals surface area (Å²) in [6.45, 7) is 0. The number of fused-ring (bicyclic) bond motifs is 2. The zero-order valence-corrected chi connectivity index (χ0v) is 9.83. The van der Waals surface area contributed by atoms with Crippen LogP contribution in [-0.4, -0.2) is 11.8 Å². The second-order valence-electron chi connectivity index (χ2n) is 3.80. The van der Waals surface area contributed by atoms with Gasteiger partial charge in [0.2, 0.25) is 11.8 Å². The van der Waals surface area contributed by atoms with Crippen molar-refractivity contribution in [2.45, 2.75) is 6.42 Å². The highest BCUT2D eigenvalue weighted by atomic mass is 33.1. The molecular weight excluding hydrogens is 232 g/mol. The molecule has 2 rings (SSSR count). The van der Waals surface area contributed by atoms with E-state index in [4.69, 9.17) is 11.5 Å². The molecular formula is C9H14N2O2S2. The third kappa shape index (κ3) is 2.15. The minimum absolute atomic E-state index is 0.139. The summed E-state index contributed by atoms with van der Waals surface area (Å²) < 4.78 is 0. The Morgan fingerprint density at radius 3 is 1.60 bits per heavy atom. The van der Waals surface area contributed by atoms with Crippen LogP contribution in [0.3, 0.4) is 0 Å². The van der Waals surface area contributed by atoms with Gasteiger partial charge in [-0.2, -0.15) is 0 Å². The van der Waals surface area contributed by atoms with E-state index in [-0.39, 0.29) is 23.7 Å². The predicted molar refractivity (Wildman–Crippen MR) is 64.1 cm³/mol. The molecule has 2 bridgehead atoms. The van der Waals surface area contributed by atoms with Crippen molar-refractivity contribution in [2.24, 2.45) is 35.1 Å². The average molecular weight is 246 g/mol. The number of carbonyl (C=O) groups excluding carboxylic acids is 2. The van der Waals surface area contributed by atoms with Crippen molar-refractivity contribution in [1.29, 1.82) is 0 Å². The third-order valence-electron chi connectivity index (χ3n) is 3.12. The number of hydrogen-bond acceptors (Lipinski definition) is 4. The van der Waals surface area contributed by atoms with E-state index in [1.807, 2.05) is 12.2 Å². The van der Waals surface area contributed by atoms with Crippen molar-refractivity contribution in [3.63, 3.8) is 0 Å². The number of rotatable bonds is 2. The Hall–Kier alpha value is -0.620. The lowest BCUT2D eigenvalue weighted by Crippen LogP contribution is -2.39. The molecule has 0 aliphatic heterocycles. The molecule has 4 nitrogen and oxygen atoms in total. The van der Waals surface area contributed by atoms with Crippen LogP contribution in [0.25, 0.3) is 0 Å². The summed E-state index contributed by atoms with van der Waals surface area (Å²) in [5.41, 5.74) is 10.5. The lowest BCUT2D eigenvalue weighted by atomic mass is 9.82. The smallest absolute Gasteiger partial charge is 0.221 e. The second kappa shape index (κ2) is 4.94. The first kappa shape index (κ1) is 12.4. The molecule has 84 valence electrons. The number of thiol groups is 2. The maximum absolute atomic E-state index is 11.1. The molecule has 0 aromatic heterocycles. The van der Waals surface area contributed by atoms with Crippen LogP contribution in [-0.2, 0) is 9.59 Å². The Morgan fingerprint density at radius 1 is 1.00 bits per heavy atom. The number of nitrogens with two attached hydrogens (primary N) is 2. The first-order valence-electron chi connectivity index (χ1n) is 4.58. The molecule has 2 aliphatic carbocycles. The zero-order valence-electron chi connectivity index (χ0n) is 8.04. The van der Waals surface area contributed by atoms with Gasteiger partial charge in [0.1, 0.15) is 0 Å². The Kier molecular flexibility index (Phi) is 4.10. The molecule has 4 atom stereocenters. The van der Waals surface area contributed by atoms with Gasteiger partial charge in [-0.25, -0.2) is 0 Å².